The summed E-state index contributed by atoms with van der Waals surface area (Å²) in [5, 5.41) is 9.71. The molecular weight excluding hydrogens is 420 g/mol. The van der Waals surface area contributed by atoms with Crippen molar-refractivity contribution in [2.45, 2.75) is 19.9 Å². The molecule has 0 spiro atoms. The van der Waals surface area contributed by atoms with E-state index in [1.165, 1.54) is 11.8 Å². The van der Waals surface area contributed by atoms with Gasteiger partial charge in [0.05, 0.1) is 17.4 Å². The molecule has 0 saturated carbocycles. The maximum Gasteiger partial charge on any atom is 0.411 e. The molecule has 0 aliphatic carbocycles. The number of nitrogens with zero attached hydrogens (tertiary/aromatic N) is 4. The van der Waals surface area contributed by atoms with E-state index in [1.807, 2.05) is 49.3 Å². The molecule has 0 saturated heterocycles. The number of likely N-dealkylation sites (N-methyl/N-ethyl adjacent to an activating group) is 1. The highest BCUT2D eigenvalue weighted by molar-refractivity contribution is 6.03. The predicted molar refractivity (Wildman–Crippen MR) is 127 cm³/mol. The SMILES string of the molecule is CC(=O)N1c2ccc(-c3ccc(C(=O)N4C=CCN(C)C=C4)cc3)cc2N(C(=O)O)C[C@@H]1C. The molecule has 170 valence electrons. The number of benzene rings is 2. The zero-order valence-corrected chi connectivity index (χ0v) is 18.8. The van der Waals surface area contributed by atoms with E-state index in [1.54, 1.807) is 46.5 Å². The largest absolute Gasteiger partial charge is 0.465 e. The molecule has 0 fully saturated rings. The zero-order chi connectivity index (χ0) is 23.7. The Morgan fingerprint density at radius 2 is 1.64 bits per heavy atom. The minimum Gasteiger partial charge on any atom is -0.465 e. The monoisotopic (exact) mass is 446 g/mol. The van der Waals surface area contributed by atoms with Crippen LogP contribution in [0.25, 0.3) is 11.1 Å². The second kappa shape index (κ2) is 8.82. The number of hydrogen-bond acceptors (Lipinski definition) is 4. The summed E-state index contributed by atoms with van der Waals surface area (Å²) in [5.41, 5.74) is 3.23. The van der Waals surface area contributed by atoms with Gasteiger partial charge in [-0.1, -0.05) is 18.2 Å². The molecule has 0 aromatic heterocycles. The Hall–Kier alpha value is -4.07. The van der Waals surface area contributed by atoms with Gasteiger partial charge in [-0.2, -0.15) is 0 Å². The summed E-state index contributed by atoms with van der Waals surface area (Å²) in [7, 11) is 1.93. The highest BCUT2D eigenvalue weighted by atomic mass is 16.4. The van der Waals surface area contributed by atoms with Gasteiger partial charge in [0.1, 0.15) is 0 Å². The summed E-state index contributed by atoms with van der Waals surface area (Å²) >= 11 is 0. The molecule has 2 aliphatic rings. The fraction of sp³-hybridized carbons (Fsp3) is 0.240. The lowest BCUT2D eigenvalue weighted by Crippen LogP contribution is -2.51. The molecule has 2 heterocycles. The highest BCUT2D eigenvalue weighted by Crippen LogP contribution is 2.39. The Bertz CT molecular complexity index is 1160. The molecule has 0 bridgehead atoms. The maximum absolute atomic E-state index is 12.8. The van der Waals surface area contributed by atoms with Crippen molar-refractivity contribution in [3.05, 3.63) is 72.7 Å². The smallest absolute Gasteiger partial charge is 0.411 e. The van der Waals surface area contributed by atoms with Gasteiger partial charge in [0.2, 0.25) is 5.91 Å². The zero-order valence-electron chi connectivity index (χ0n) is 18.8. The molecule has 2 aromatic rings. The summed E-state index contributed by atoms with van der Waals surface area (Å²) < 4.78 is 0. The van der Waals surface area contributed by atoms with Crippen LogP contribution in [0.15, 0.2) is 67.1 Å². The van der Waals surface area contributed by atoms with Crippen LogP contribution in [0, 0.1) is 0 Å². The fourth-order valence-electron chi connectivity index (χ4n) is 4.18. The van der Waals surface area contributed by atoms with Crippen molar-refractivity contribution in [2.75, 3.05) is 29.9 Å². The third-order valence-corrected chi connectivity index (χ3v) is 5.82. The Labute approximate surface area is 192 Å². The Morgan fingerprint density at radius 1 is 0.939 bits per heavy atom. The number of amides is 3. The molecule has 1 atom stereocenters. The second-order valence-electron chi connectivity index (χ2n) is 8.25. The van der Waals surface area contributed by atoms with Crippen LogP contribution in [0.2, 0.25) is 0 Å². The topological polar surface area (TPSA) is 84.4 Å². The Kier molecular flexibility index (Phi) is 5.91. The molecule has 3 amide bonds. The molecular formula is C25H26N4O4. The van der Waals surface area contributed by atoms with Crippen molar-refractivity contribution in [2.24, 2.45) is 0 Å². The normalized spacial score (nSPS) is 17.6. The summed E-state index contributed by atoms with van der Waals surface area (Å²) in [6.45, 7) is 4.24. The summed E-state index contributed by atoms with van der Waals surface area (Å²) in [6, 6.07) is 12.3. The molecule has 8 heteroatoms. The lowest BCUT2D eigenvalue weighted by molar-refractivity contribution is -0.117. The first kappa shape index (κ1) is 22.1. The van der Waals surface area contributed by atoms with Gasteiger partial charge in [-0.25, -0.2) is 4.79 Å². The molecule has 8 nitrogen and oxygen atoms in total. The van der Waals surface area contributed by atoms with Crippen molar-refractivity contribution in [1.82, 2.24) is 9.80 Å². The molecule has 2 aliphatic heterocycles. The van der Waals surface area contributed by atoms with E-state index in [0.29, 0.717) is 16.9 Å². The van der Waals surface area contributed by atoms with Gasteiger partial charge in [0, 0.05) is 51.2 Å². The van der Waals surface area contributed by atoms with Crippen LogP contribution in [0.4, 0.5) is 16.2 Å². The third-order valence-electron chi connectivity index (χ3n) is 5.82. The average molecular weight is 447 g/mol. The van der Waals surface area contributed by atoms with E-state index < -0.39 is 6.09 Å². The maximum atomic E-state index is 12.8. The van der Waals surface area contributed by atoms with Crippen molar-refractivity contribution < 1.29 is 19.5 Å². The molecule has 33 heavy (non-hydrogen) atoms. The Balaban J connectivity index is 1.64. The van der Waals surface area contributed by atoms with Gasteiger partial charge in [-0.3, -0.25) is 19.4 Å². The Morgan fingerprint density at radius 3 is 2.30 bits per heavy atom. The van der Waals surface area contributed by atoms with Crippen molar-refractivity contribution in [1.29, 1.82) is 0 Å². The van der Waals surface area contributed by atoms with E-state index in [2.05, 4.69) is 0 Å². The van der Waals surface area contributed by atoms with Crippen molar-refractivity contribution >= 4 is 29.3 Å². The van der Waals surface area contributed by atoms with E-state index in [9.17, 15) is 19.5 Å². The second-order valence-corrected chi connectivity index (χ2v) is 8.25. The van der Waals surface area contributed by atoms with Crippen LogP contribution >= 0.6 is 0 Å². The number of carbonyl (C=O) groups is 3. The van der Waals surface area contributed by atoms with Gasteiger partial charge in [0.15, 0.2) is 0 Å². The summed E-state index contributed by atoms with van der Waals surface area (Å²) in [5.74, 6) is -0.273. The number of carboxylic acid groups (broad SMARTS) is 1. The van der Waals surface area contributed by atoms with Crippen LogP contribution in [-0.2, 0) is 4.79 Å². The van der Waals surface area contributed by atoms with Crippen LogP contribution in [0.1, 0.15) is 24.2 Å². The van der Waals surface area contributed by atoms with Crippen LogP contribution < -0.4 is 9.80 Å². The quantitative estimate of drug-likeness (QED) is 0.755. The number of anilines is 2. The average Bonchev–Trinajstić information content (AvgIpc) is 3.01. The summed E-state index contributed by atoms with van der Waals surface area (Å²) in [4.78, 5) is 43.3. The van der Waals surface area contributed by atoms with Crippen LogP contribution in [0.3, 0.4) is 0 Å². The van der Waals surface area contributed by atoms with Gasteiger partial charge in [-0.15, -0.1) is 0 Å². The predicted octanol–water partition coefficient (Wildman–Crippen LogP) is 3.97. The van der Waals surface area contributed by atoms with E-state index in [0.717, 1.165) is 17.7 Å². The van der Waals surface area contributed by atoms with E-state index in [4.69, 9.17) is 0 Å². The molecule has 0 unspecified atom stereocenters. The van der Waals surface area contributed by atoms with Crippen molar-refractivity contribution in [3.63, 3.8) is 0 Å². The number of fused-ring (bicyclic) bond motifs is 1. The minimum atomic E-state index is -1.06. The third kappa shape index (κ3) is 4.32. The lowest BCUT2D eigenvalue weighted by atomic mass is 9.99. The first-order chi connectivity index (χ1) is 15.8. The molecule has 2 aromatic carbocycles. The van der Waals surface area contributed by atoms with Gasteiger partial charge in [0.25, 0.3) is 5.91 Å². The standard InChI is InChI=1S/C25H26N4O4/c1-17-16-28(25(32)33)23-15-21(9-10-22(23)29(17)18(2)30)19-5-7-20(8-6-19)24(31)27-12-4-11-26(3)13-14-27/h4-10,12-15,17H,11,16H2,1-3H3,(H,32,33)/t17-/m0/s1. The summed E-state index contributed by atoms with van der Waals surface area (Å²) in [6.07, 6.45) is 6.18. The van der Waals surface area contributed by atoms with Gasteiger partial charge < -0.3 is 14.9 Å². The van der Waals surface area contributed by atoms with Crippen molar-refractivity contribution in [3.8, 4) is 11.1 Å². The fourth-order valence-corrected chi connectivity index (χ4v) is 4.18. The first-order valence-electron chi connectivity index (χ1n) is 10.7. The molecule has 1 N–H and O–H groups in total. The van der Waals surface area contributed by atoms with Gasteiger partial charge in [-0.05, 0) is 48.4 Å². The minimum absolute atomic E-state index is 0.132. The number of rotatable bonds is 2. The molecule has 4 rings (SSSR count). The number of hydrogen-bond donors (Lipinski definition) is 1. The molecule has 0 radical (unpaired) electrons. The number of carbonyl (C=O) groups excluding carboxylic acids is 2. The lowest BCUT2D eigenvalue weighted by Gasteiger charge is -2.39. The van der Waals surface area contributed by atoms with E-state index >= 15 is 0 Å². The van der Waals surface area contributed by atoms with Gasteiger partial charge >= 0.3 is 6.09 Å². The first-order valence-corrected chi connectivity index (χ1v) is 10.7. The van der Waals surface area contributed by atoms with Crippen LogP contribution in [-0.4, -0.2) is 59.0 Å². The highest BCUT2D eigenvalue weighted by Gasteiger charge is 2.33. The van der Waals surface area contributed by atoms with E-state index in [-0.39, 0.29) is 24.4 Å². The van der Waals surface area contributed by atoms with Crippen LogP contribution in [0.5, 0.6) is 0 Å².